The Bertz CT molecular complexity index is 2010. The summed E-state index contributed by atoms with van der Waals surface area (Å²) in [5, 5.41) is 14.4. The SMILES string of the molecule is CC(N=O)C1(C(=O)Nc2ccc3[nH]nc(-c4ccc(F)cc4)c3c2)CCN(CC(=O)N2CCN(c3ccc(-c4ncccn4)cn3)C[C@H]2C)C1. The molecule has 5 aromatic rings. The topological polar surface area (TPSA) is 153 Å². The van der Waals surface area contributed by atoms with Gasteiger partial charge in [0.25, 0.3) is 0 Å². The number of benzene rings is 2. The average molecular weight is 677 g/mol. The molecule has 0 spiro atoms. The predicted octanol–water partition coefficient (Wildman–Crippen LogP) is 4.74. The number of aromatic nitrogens is 5. The third-order valence-electron chi connectivity index (χ3n) is 9.93. The van der Waals surface area contributed by atoms with Crippen molar-refractivity contribution >= 4 is 34.2 Å². The first kappa shape index (κ1) is 32.9. The fourth-order valence-corrected chi connectivity index (χ4v) is 7.01. The quantitative estimate of drug-likeness (QED) is 0.211. The van der Waals surface area contributed by atoms with Crippen LogP contribution in [0.3, 0.4) is 0 Å². The summed E-state index contributed by atoms with van der Waals surface area (Å²) in [4.78, 5) is 58.6. The molecule has 256 valence electrons. The zero-order chi connectivity index (χ0) is 34.8. The molecule has 5 heterocycles. The van der Waals surface area contributed by atoms with Crippen molar-refractivity contribution in [3.05, 3.63) is 90.0 Å². The predicted molar refractivity (Wildman–Crippen MR) is 188 cm³/mol. The number of nitrogens with one attached hydrogen (secondary N) is 2. The lowest BCUT2D eigenvalue weighted by atomic mass is 9.79. The van der Waals surface area contributed by atoms with Gasteiger partial charge in [0, 0.05) is 73.0 Å². The number of hydrogen-bond donors (Lipinski definition) is 2. The van der Waals surface area contributed by atoms with E-state index in [2.05, 4.69) is 40.5 Å². The maximum atomic E-state index is 13.9. The van der Waals surface area contributed by atoms with Gasteiger partial charge in [-0.1, -0.05) is 5.18 Å². The van der Waals surface area contributed by atoms with Crippen molar-refractivity contribution in [3.8, 4) is 22.6 Å². The molecule has 0 bridgehead atoms. The van der Waals surface area contributed by atoms with Crippen molar-refractivity contribution in [3.63, 3.8) is 0 Å². The van der Waals surface area contributed by atoms with Crippen LogP contribution in [0.4, 0.5) is 15.9 Å². The van der Waals surface area contributed by atoms with Crippen molar-refractivity contribution in [2.45, 2.75) is 32.4 Å². The Morgan fingerprint density at radius 1 is 1.04 bits per heavy atom. The van der Waals surface area contributed by atoms with E-state index in [9.17, 15) is 18.9 Å². The molecular weight excluding hydrogens is 639 g/mol. The first-order chi connectivity index (χ1) is 24.2. The maximum absolute atomic E-state index is 13.9. The van der Waals surface area contributed by atoms with E-state index in [1.165, 1.54) is 12.1 Å². The van der Waals surface area contributed by atoms with Crippen LogP contribution in [0.15, 0.2) is 84.4 Å². The third-order valence-corrected chi connectivity index (χ3v) is 9.93. The minimum atomic E-state index is -1.11. The first-order valence-electron chi connectivity index (χ1n) is 16.6. The van der Waals surface area contributed by atoms with E-state index in [4.69, 9.17) is 0 Å². The number of anilines is 2. The zero-order valence-electron chi connectivity index (χ0n) is 27.8. The molecule has 7 rings (SSSR count). The Balaban J connectivity index is 0.991. The van der Waals surface area contributed by atoms with E-state index in [1.807, 2.05) is 34.9 Å². The number of piperazine rings is 1. The molecule has 2 aliphatic heterocycles. The van der Waals surface area contributed by atoms with Crippen molar-refractivity contribution in [2.24, 2.45) is 10.6 Å². The standard InChI is InChI=1S/C36H37FN10O3/c1-23-20-46(31-11-6-26(19-40-31)34-38-13-3-14-39-34)16-17-47(23)32(48)21-45-15-12-36(22-45,24(2)44-50)35(49)41-28-9-10-30-29(18-28)33(43-42-30)25-4-7-27(37)8-5-25/h3-11,13-14,18-19,23-24H,12,15-17,20-22H2,1-2H3,(H,41,49)(H,42,43)/t23-,24?,36?/m1/s1. The fraction of sp³-hybridized carbons (Fsp3) is 0.333. The molecule has 2 amide bonds. The van der Waals surface area contributed by atoms with Crippen LogP contribution in [0.5, 0.6) is 0 Å². The van der Waals surface area contributed by atoms with Crippen LogP contribution >= 0.6 is 0 Å². The van der Waals surface area contributed by atoms with Crippen LogP contribution in [0, 0.1) is 16.1 Å². The number of nitroso groups, excluding NO2 is 1. The summed E-state index contributed by atoms with van der Waals surface area (Å²) in [5.41, 5.74) is 2.37. The Labute approximate surface area is 287 Å². The van der Waals surface area contributed by atoms with Gasteiger partial charge >= 0.3 is 0 Å². The number of hydrogen-bond acceptors (Lipinski definition) is 10. The van der Waals surface area contributed by atoms with E-state index in [1.54, 1.807) is 55.8 Å². The normalized spacial score (nSPS) is 20.2. The number of carbonyl (C=O) groups is 2. The Kier molecular flexibility index (Phi) is 9.02. The summed E-state index contributed by atoms with van der Waals surface area (Å²) >= 11 is 0. The van der Waals surface area contributed by atoms with Crippen molar-refractivity contribution in [1.82, 2.24) is 34.9 Å². The highest BCUT2D eigenvalue weighted by molar-refractivity contribution is 6.00. The molecule has 2 aromatic carbocycles. The van der Waals surface area contributed by atoms with Gasteiger partial charge in [0.2, 0.25) is 11.8 Å². The van der Waals surface area contributed by atoms with Gasteiger partial charge in [0.05, 0.1) is 23.2 Å². The monoisotopic (exact) mass is 676 g/mol. The lowest BCUT2D eigenvalue weighted by Crippen LogP contribution is -2.56. The lowest BCUT2D eigenvalue weighted by Gasteiger charge is -2.41. The molecule has 13 nitrogen and oxygen atoms in total. The molecule has 2 fully saturated rings. The van der Waals surface area contributed by atoms with Gasteiger partial charge in [-0.05, 0) is 87.5 Å². The Hall–Kier alpha value is -5.63. The smallest absolute Gasteiger partial charge is 0.237 e. The second kappa shape index (κ2) is 13.7. The first-order valence-corrected chi connectivity index (χ1v) is 16.6. The molecule has 0 radical (unpaired) electrons. The molecule has 2 unspecified atom stereocenters. The molecular formula is C36H37FN10O3. The maximum Gasteiger partial charge on any atom is 0.237 e. The van der Waals surface area contributed by atoms with Crippen LogP contribution in [0.1, 0.15) is 20.3 Å². The van der Waals surface area contributed by atoms with Gasteiger partial charge in [-0.2, -0.15) is 10.0 Å². The highest BCUT2D eigenvalue weighted by Gasteiger charge is 2.50. The Morgan fingerprint density at radius 2 is 1.82 bits per heavy atom. The number of nitrogens with zero attached hydrogens (tertiary/aromatic N) is 8. The molecule has 2 N–H and O–H groups in total. The minimum Gasteiger partial charge on any atom is -0.353 e. The number of halogens is 1. The van der Waals surface area contributed by atoms with E-state index in [-0.39, 0.29) is 36.8 Å². The zero-order valence-corrected chi connectivity index (χ0v) is 27.8. The molecule has 0 saturated carbocycles. The molecule has 2 saturated heterocycles. The summed E-state index contributed by atoms with van der Waals surface area (Å²) in [6.45, 7) is 6.30. The van der Waals surface area contributed by atoms with Gasteiger partial charge < -0.3 is 15.1 Å². The van der Waals surface area contributed by atoms with E-state index >= 15 is 0 Å². The van der Waals surface area contributed by atoms with Crippen LogP contribution < -0.4 is 10.2 Å². The number of rotatable bonds is 9. The summed E-state index contributed by atoms with van der Waals surface area (Å²) in [6, 6.07) is 16.2. The van der Waals surface area contributed by atoms with E-state index in [0.29, 0.717) is 49.8 Å². The average Bonchev–Trinajstić information content (AvgIpc) is 3.77. The molecule has 2 aliphatic rings. The number of amides is 2. The van der Waals surface area contributed by atoms with E-state index < -0.39 is 11.5 Å². The number of likely N-dealkylation sites (tertiary alicyclic amines) is 1. The van der Waals surface area contributed by atoms with E-state index in [0.717, 1.165) is 27.8 Å². The molecule has 0 aliphatic carbocycles. The second-order valence-electron chi connectivity index (χ2n) is 13.1. The van der Waals surface area contributed by atoms with Crippen molar-refractivity contribution < 1.29 is 14.0 Å². The van der Waals surface area contributed by atoms with Crippen molar-refractivity contribution in [2.75, 3.05) is 49.5 Å². The highest BCUT2D eigenvalue weighted by atomic mass is 19.1. The van der Waals surface area contributed by atoms with Gasteiger partial charge in [-0.3, -0.25) is 19.6 Å². The largest absolute Gasteiger partial charge is 0.353 e. The van der Waals surface area contributed by atoms with Gasteiger partial charge in [-0.15, -0.1) is 0 Å². The molecule has 3 atom stereocenters. The van der Waals surface area contributed by atoms with Gasteiger partial charge in [0.15, 0.2) is 5.82 Å². The Morgan fingerprint density at radius 3 is 2.54 bits per heavy atom. The van der Waals surface area contributed by atoms with Crippen LogP contribution in [0.25, 0.3) is 33.5 Å². The van der Waals surface area contributed by atoms with Crippen LogP contribution in [-0.4, -0.2) is 98.1 Å². The molecule has 50 heavy (non-hydrogen) atoms. The van der Waals surface area contributed by atoms with Crippen LogP contribution in [0.2, 0.25) is 0 Å². The number of aromatic amines is 1. The molecule has 3 aromatic heterocycles. The van der Waals surface area contributed by atoms with Gasteiger partial charge in [0.1, 0.15) is 17.7 Å². The summed E-state index contributed by atoms with van der Waals surface area (Å²) in [6.07, 6.45) is 5.54. The number of carbonyl (C=O) groups excluding carboxylic acids is 2. The summed E-state index contributed by atoms with van der Waals surface area (Å²) in [7, 11) is 0. The number of pyridine rings is 1. The summed E-state index contributed by atoms with van der Waals surface area (Å²) < 4.78 is 13.5. The highest BCUT2D eigenvalue weighted by Crippen LogP contribution is 2.38. The van der Waals surface area contributed by atoms with Gasteiger partial charge in [-0.25, -0.2) is 19.3 Å². The third kappa shape index (κ3) is 6.41. The fourth-order valence-electron chi connectivity index (χ4n) is 7.01. The second-order valence-corrected chi connectivity index (χ2v) is 13.1. The van der Waals surface area contributed by atoms with Crippen molar-refractivity contribution in [1.29, 1.82) is 0 Å². The number of fused-ring (bicyclic) bond motifs is 1. The van der Waals surface area contributed by atoms with Crippen LogP contribution in [-0.2, 0) is 9.59 Å². The lowest BCUT2D eigenvalue weighted by molar-refractivity contribution is -0.135. The number of H-pyrrole nitrogens is 1. The minimum absolute atomic E-state index is 0.0247. The molecule has 14 heteroatoms. The summed E-state index contributed by atoms with van der Waals surface area (Å²) in [5.74, 6) is 0.746.